The van der Waals surface area contributed by atoms with Gasteiger partial charge in [0.25, 0.3) is 10.0 Å². The zero-order chi connectivity index (χ0) is 14.9. The maximum Gasteiger partial charge on any atom is 0.260 e. The van der Waals surface area contributed by atoms with E-state index < -0.39 is 16.1 Å². The van der Waals surface area contributed by atoms with Crippen molar-refractivity contribution in [1.29, 1.82) is 0 Å². The summed E-state index contributed by atoms with van der Waals surface area (Å²) < 4.78 is 27.6. The second-order valence-corrected chi connectivity index (χ2v) is 6.49. The number of sulfonamides is 1. The van der Waals surface area contributed by atoms with Gasteiger partial charge < -0.3 is 5.11 Å². The van der Waals surface area contributed by atoms with Crippen molar-refractivity contribution in [1.82, 2.24) is 14.1 Å². The number of hydrogen-bond acceptors (Lipinski definition) is 4. The average Bonchev–Trinajstić information content (AvgIpc) is 2.84. The van der Waals surface area contributed by atoms with Crippen LogP contribution in [0.25, 0.3) is 0 Å². The summed E-state index contributed by atoms with van der Waals surface area (Å²) in [5, 5.41) is 13.8. The summed E-state index contributed by atoms with van der Waals surface area (Å²) >= 11 is 0. The number of phenolic OH excluding ortho intramolecular Hbond substituents is 1. The van der Waals surface area contributed by atoms with Crippen molar-refractivity contribution in [2.24, 2.45) is 7.05 Å². The molecule has 20 heavy (non-hydrogen) atoms. The minimum absolute atomic E-state index is 0.0760. The molecule has 108 valence electrons. The maximum atomic E-state index is 12.5. The van der Waals surface area contributed by atoms with Crippen molar-refractivity contribution in [2.75, 3.05) is 7.05 Å². The van der Waals surface area contributed by atoms with E-state index in [9.17, 15) is 13.5 Å². The number of nitrogens with zero attached hydrogens (tertiary/aromatic N) is 3. The highest BCUT2D eigenvalue weighted by atomic mass is 32.2. The lowest BCUT2D eigenvalue weighted by molar-refractivity contribution is 0.377. The molecule has 0 aliphatic heterocycles. The van der Waals surface area contributed by atoms with Gasteiger partial charge in [-0.1, -0.05) is 18.2 Å². The Bertz CT molecular complexity index is 709. The Morgan fingerprint density at radius 3 is 2.50 bits per heavy atom. The molecule has 0 fully saturated rings. The maximum absolute atomic E-state index is 12.5. The van der Waals surface area contributed by atoms with Gasteiger partial charge in [-0.25, -0.2) is 8.42 Å². The summed E-state index contributed by atoms with van der Waals surface area (Å²) in [4.78, 5) is 0. The first-order valence-corrected chi connectivity index (χ1v) is 7.53. The van der Waals surface area contributed by atoms with Crippen LogP contribution in [-0.2, 0) is 17.1 Å². The number of benzene rings is 1. The minimum Gasteiger partial charge on any atom is -0.508 e. The van der Waals surface area contributed by atoms with Gasteiger partial charge in [-0.05, 0) is 19.1 Å². The van der Waals surface area contributed by atoms with Gasteiger partial charge in [0, 0.05) is 19.7 Å². The van der Waals surface area contributed by atoms with Gasteiger partial charge in [-0.15, -0.1) is 0 Å². The van der Waals surface area contributed by atoms with Crippen LogP contribution in [0.5, 0.6) is 5.75 Å². The first-order valence-electron chi connectivity index (χ1n) is 6.09. The fraction of sp³-hybridized carbons (Fsp3) is 0.308. The molecule has 1 N–H and O–H groups in total. The number of para-hydroxylation sites is 1. The smallest absolute Gasteiger partial charge is 0.260 e. The molecule has 0 radical (unpaired) electrons. The van der Waals surface area contributed by atoms with Gasteiger partial charge in [0.15, 0.2) is 5.03 Å². The van der Waals surface area contributed by atoms with Gasteiger partial charge in [-0.2, -0.15) is 9.40 Å². The normalized spacial score (nSPS) is 13.6. The SMILES string of the molecule is CC(c1ccccc1O)N(C)S(=O)(=O)c1ccnn1C. The largest absolute Gasteiger partial charge is 0.508 e. The van der Waals surface area contributed by atoms with Crippen LogP contribution >= 0.6 is 0 Å². The van der Waals surface area contributed by atoms with Gasteiger partial charge in [-0.3, -0.25) is 4.68 Å². The number of aryl methyl sites for hydroxylation is 1. The third-order valence-electron chi connectivity index (χ3n) is 3.35. The molecule has 7 heteroatoms. The lowest BCUT2D eigenvalue weighted by Crippen LogP contribution is -2.31. The molecule has 0 saturated heterocycles. The molecule has 0 saturated carbocycles. The highest BCUT2D eigenvalue weighted by Crippen LogP contribution is 2.30. The van der Waals surface area contributed by atoms with E-state index in [2.05, 4.69) is 5.10 Å². The second-order valence-electron chi connectivity index (χ2n) is 4.55. The summed E-state index contributed by atoms with van der Waals surface area (Å²) in [5.41, 5.74) is 0.556. The number of hydrogen-bond donors (Lipinski definition) is 1. The van der Waals surface area contributed by atoms with Gasteiger partial charge >= 0.3 is 0 Å². The van der Waals surface area contributed by atoms with Crippen molar-refractivity contribution >= 4 is 10.0 Å². The van der Waals surface area contributed by atoms with Crippen LogP contribution in [0.3, 0.4) is 0 Å². The molecule has 2 rings (SSSR count). The Morgan fingerprint density at radius 1 is 1.30 bits per heavy atom. The molecule has 0 aliphatic carbocycles. The average molecular weight is 295 g/mol. The number of aromatic hydroxyl groups is 1. The first-order chi connectivity index (χ1) is 9.35. The molecule has 2 aromatic rings. The summed E-state index contributed by atoms with van der Waals surface area (Å²) in [7, 11) is -0.607. The quantitative estimate of drug-likeness (QED) is 0.927. The molecule has 1 heterocycles. The van der Waals surface area contributed by atoms with E-state index in [0.29, 0.717) is 5.56 Å². The predicted octanol–water partition coefficient (Wildman–Crippen LogP) is 1.51. The number of phenols is 1. The molecule has 1 aromatic carbocycles. The molecule has 6 nitrogen and oxygen atoms in total. The minimum atomic E-state index is -3.67. The Morgan fingerprint density at radius 2 is 1.95 bits per heavy atom. The molecule has 1 atom stereocenters. The monoisotopic (exact) mass is 295 g/mol. The Labute approximate surface area is 118 Å². The summed E-state index contributed by atoms with van der Waals surface area (Å²) in [6.45, 7) is 1.73. The van der Waals surface area contributed by atoms with E-state index in [1.54, 1.807) is 32.2 Å². The third-order valence-corrected chi connectivity index (χ3v) is 5.35. The Balaban J connectivity index is 2.39. The summed E-state index contributed by atoms with van der Waals surface area (Å²) in [5.74, 6) is 0.0760. The second kappa shape index (κ2) is 5.26. The van der Waals surface area contributed by atoms with E-state index in [1.807, 2.05) is 0 Å². The molecule has 1 aromatic heterocycles. The highest BCUT2D eigenvalue weighted by Gasteiger charge is 2.29. The van der Waals surface area contributed by atoms with Crippen LogP contribution in [0.4, 0.5) is 0 Å². The standard InChI is InChI=1S/C13H17N3O3S/c1-10(11-6-4-5-7-12(11)17)16(3)20(18,19)13-8-9-14-15(13)2/h4-10,17H,1-3H3. The highest BCUT2D eigenvalue weighted by molar-refractivity contribution is 7.89. The van der Waals surface area contributed by atoms with E-state index in [-0.39, 0.29) is 10.8 Å². The van der Waals surface area contributed by atoms with Crippen molar-refractivity contribution in [3.8, 4) is 5.75 Å². The first kappa shape index (κ1) is 14.5. The Hall–Kier alpha value is -1.86. The van der Waals surface area contributed by atoms with E-state index in [0.717, 1.165) is 0 Å². The van der Waals surface area contributed by atoms with Gasteiger partial charge in [0.1, 0.15) is 5.75 Å². The zero-order valence-electron chi connectivity index (χ0n) is 11.6. The molecular formula is C13H17N3O3S. The number of aromatic nitrogens is 2. The van der Waals surface area contributed by atoms with Gasteiger partial charge in [0.05, 0.1) is 12.2 Å². The van der Waals surface area contributed by atoms with Crippen LogP contribution in [0.15, 0.2) is 41.6 Å². The van der Waals surface area contributed by atoms with E-state index in [1.165, 1.54) is 34.4 Å². The van der Waals surface area contributed by atoms with Crippen molar-refractivity contribution in [3.63, 3.8) is 0 Å². The van der Waals surface area contributed by atoms with Crippen molar-refractivity contribution in [3.05, 3.63) is 42.1 Å². The van der Waals surface area contributed by atoms with Crippen molar-refractivity contribution < 1.29 is 13.5 Å². The molecule has 0 aliphatic rings. The molecule has 0 bridgehead atoms. The van der Waals surface area contributed by atoms with Crippen LogP contribution < -0.4 is 0 Å². The topological polar surface area (TPSA) is 75.4 Å². The molecular weight excluding hydrogens is 278 g/mol. The predicted molar refractivity (Wildman–Crippen MR) is 74.7 cm³/mol. The van der Waals surface area contributed by atoms with E-state index >= 15 is 0 Å². The van der Waals surface area contributed by atoms with Crippen molar-refractivity contribution in [2.45, 2.75) is 18.0 Å². The zero-order valence-corrected chi connectivity index (χ0v) is 12.4. The molecule has 0 amide bonds. The lowest BCUT2D eigenvalue weighted by Gasteiger charge is -2.25. The fourth-order valence-electron chi connectivity index (χ4n) is 2.01. The number of rotatable bonds is 4. The van der Waals surface area contributed by atoms with Crippen LogP contribution in [0.2, 0.25) is 0 Å². The van der Waals surface area contributed by atoms with Crippen LogP contribution in [0.1, 0.15) is 18.5 Å². The van der Waals surface area contributed by atoms with Crippen LogP contribution in [-0.4, -0.2) is 34.7 Å². The van der Waals surface area contributed by atoms with E-state index in [4.69, 9.17) is 0 Å². The van der Waals surface area contributed by atoms with Crippen LogP contribution in [0, 0.1) is 0 Å². The summed E-state index contributed by atoms with van der Waals surface area (Å²) in [6.07, 6.45) is 1.44. The molecule has 0 spiro atoms. The lowest BCUT2D eigenvalue weighted by atomic mass is 10.1. The Kier molecular flexibility index (Phi) is 3.82. The fourth-order valence-corrected chi connectivity index (χ4v) is 3.45. The molecule has 1 unspecified atom stereocenters. The van der Waals surface area contributed by atoms with Gasteiger partial charge in [0.2, 0.25) is 0 Å². The third kappa shape index (κ3) is 2.41. The summed E-state index contributed by atoms with van der Waals surface area (Å²) in [6, 6.07) is 7.66.